The molecule has 0 aliphatic rings. The van der Waals surface area contributed by atoms with Gasteiger partial charge >= 0.3 is 0 Å². The van der Waals surface area contributed by atoms with Gasteiger partial charge in [0.2, 0.25) is 0 Å². The van der Waals surface area contributed by atoms with Crippen LogP contribution in [0.3, 0.4) is 0 Å². The first-order valence-corrected chi connectivity index (χ1v) is 5.98. The molecule has 1 aromatic rings. The predicted molar refractivity (Wildman–Crippen MR) is 61.0 cm³/mol. The van der Waals surface area contributed by atoms with Crippen LogP contribution < -0.4 is 4.74 Å². The first-order valence-electron chi connectivity index (χ1n) is 4.59. The zero-order valence-corrected chi connectivity index (χ0v) is 9.38. The van der Waals surface area contributed by atoms with E-state index >= 15 is 0 Å². The van der Waals surface area contributed by atoms with E-state index in [9.17, 15) is 5.11 Å². The molecule has 0 radical (unpaired) electrons. The Hall–Kier alpha value is -0.670. The first kappa shape index (κ1) is 11.4. The van der Waals surface area contributed by atoms with Crippen LogP contribution in [0.4, 0.5) is 0 Å². The van der Waals surface area contributed by atoms with Crippen molar-refractivity contribution in [2.24, 2.45) is 0 Å². The third-order valence-electron chi connectivity index (χ3n) is 2.07. The number of thioether (sulfide) groups is 1. The summed E-state index contributed by atoms with van der Waals surface area (Å²) in [6.45, 7) is 0. The van der Waals surface area contributed by atoms with E-state index < -0.39 is 0 Å². The Bertz CT molecular complexity index is 276. The van der Waals surface area contributed by atoms with Crippen LogP contribution in [0.5, 0.6) is 5.75 Å². The standard InChI is InChI=1S/C11H16O2S/c1-13-10-5-3-4-9(8-10)11(12)6-7-14-2/h3-5,8,11-12H,6-7H2,1-2H3. The number of methoxy groups -OCH3 is 1. The lowest BCUT2D eigenvalue weighted by atomic mass is 10.1. The third-order valence-corrected chi connectivity index (χ3v) is 2.72. The van der Waals surface area contributed by atoms with Gasteiger partial charge in [-0.25, -0.2) is 0 Å². The average molecular weight is 212 g/mol. The van der Waals surface area contributed by atoms with Crippen LogP contribution in [-0.4, -0.2) is 24.2 Å². The van der Waals surface area contributed by atoms with Crippen molar-refractivity contribution >= 4 is 11.8 Å². The highest BCUT2D eigenvalue weighted by Crippen LogP contribution is 2.22. The van der Waals surface area contributed by atoms with E-state index in [1.165, 1.54) is 0 Å². The van der Waals surface area contributed by atoms with Gasteiger partial charge in [-0.2, -0.15) is 11.8 Å². The van der Waals surface area contributed by atoms with Crippen molar-refractivity contribution in [3.8, 4) is 5.75 Å². The molecule has 78 valence electrons. The van der Waals surface area contributed by atoms with E-state index in [2.05, 4.69) is 0 Å². The number of aliphatic hydroxyl groups excluding tert-OH is 1. The summed E-state index contributed by atoms with van der Waals surface area (Å²) in [6.07, 6.45) is 2.45. The molecule has 0 fully saturated rings. The highest BCUT2D eigenvalue weighted by atomic mass is 32.2. The largest absolute Gasteiger partial charge is 0.497 e. The maximum atomic E-state index is 9.80. The molecule has 2 nitrogen and oxygen atoms in total. The van der Waals surface area contributed by atoms with Crippen molar-refractivity contribution in [2.75, 3.05) is 19.1 Å². The molecule has 1 rings (SSSR count). The molecule has 3 heteroatoms. The van der Waals surface area contributed by atoms with Gasteiger partial charge in [0.1, 0.15) is 5.75 Å². The van der Waals surface area contributed by atoms with Crippen LogP contribution in [0, 0.1) is 0 Å². The second-order valence-electron chi connectivity index (χ2n) is 3.07. The summed E-state index contributed by atoms with van der Waals surface area (Å²) in [6, 6.07) is 7.58. The normalized spacial score (nSPS) is 12.5. The van der Waals surface area contributed by atoms with Gasteiger partial charge in [0.25, 0.3) is 0 Å². The molecule has 0 spiro atoms. The topological polar surface area (TPSA) is 29.5 Å². The molecular weight excluding hydrogens is 196 g/mol. The Morgan fingerprint density at radius 2 is 2.29 bits per heavy atom. The number of benzene rings is 1. The van der Waals surface area contributed by atoms with E-state index in [1.54, 1.807) is 18.9 Å². The maximum Gasteiger partial charge on any atom is 0.119 e. The first-order chi connectivity index (χ1) is 6.77. The minimum atomic E-state index is -0.377. The molecule has 0 aliphatic heterocycles. The van der Waals surface area contributed by atoms with Crippen molar-refractivity contribution in [3.05, 3.63) is 29.8 Å². The Balaban J connectivity index is 2.64. The summed E-state index contributed by atoms with van der Waals surface area (Å²) in [4.78, 5) is 0. The smallest absolute Gasteiger partial charge is 0.119 e. The van der Waals surface area contributed by atoms with Crippen molar-refractivity contribution in [3.63, 3.8) is 0 Å². The summed E-state index contributed by atoms with van der Waals surface area (Å²) in [5, 5.41) is 9.80. The Morgan fingerprint density at radius 1 is 1.50 bits per heavy atom. The zero-order valence-electron chi connectivity index (χ0n) is 8.56. The highest BCUT2D eigenvalue weighted by Gasteiger charge is 2.07. The fourth-order valence-corrected chi connectivity index (χ4v) is 1.70. The van der Waals surface area contributed by atoms with Gasteiger partial charge in [-0.15, -0.1) is 0 Å². The van der Waals surface area contributed by atoms with E-state index in [0.29, 0.717) is 0 Å². The Kier molecular flexibility index (Phi) is 4.84. The van der Waals surface area contributed by atoms with Crippen LogP contribution in [0.2, 0.25) is 0 Å². The second-order valence-corrected chi connectivity index (χ2v) is 4.06. The van der Waals surface area contributed by atoms with Crippen LogP contribution >= 0.6 is 11.8 Å². The SMILES string of the molecule is COc1cccc(C(O)CCSC)c1. The lowest BCUT2D eigenvalue weighted by Gasteiger charge is -2.11. The van der Waals surface area contributed by atoms with E-state index in [4.69, 9.17) is 4.74 Å². The Labute approximate surface area is 89.3 Å². The van der Waals surface area contributed by atoms with Crippen LogP contribution in [0.15, 0.2) is 24.3 Å². The number of ether oxygens (including phenoxy) is 1. The quantitative estimate of drug-likeness (QED) is 0.813. The molecule has 0 amide bonds. The van der Waals surface area contributed by atoms with E-state index in [0.717, 1.165) is 23.5 Å². The molecule has 0 heterocycles. The average Bonchev–Trinajstić information content (AvgIpc) is 2.26. The lowest BCUT2D eigenvalue weighted by Crippen LogP contribution is -1.99. The van der Waals surface area contributed by atoms with Gasteiger partial charge in [-0.1, -0.05) is 12.1 Å². The molecule has 0 aromatic heterocycles. The van der Waals surface area contributed by atoms with Gasteiger partial charge in [0.05, 0.1) is 13.2 Å². The molecule has 0 saturated carbocycles. The highest BCUT2D eigenvalue weighted by molar-refractivity contribution is 7.98. The van der Waals surface area contributed by atoms with Crippen LogP contribution in [0.25, 0.3) is 0 Å². The number of rotatable bonds is 5. The van der Waals surface area contributed by atoms with Gasteiger partial charge in [0, 0.05) is 0 Å². The molecule has 0 aliphatic carbocycles. The monoisotopic (exact) mass is 212 g/mol. The third kappa shape index (κ3) is 3.24. The lowest BCUT2D eigenvalue weighted by molar-refractivity contribution is 0.174. The Morgan fingerprint density at radius 3 is 2.93 bits per heavy atom. The summed E-state index contributed by atoms with van der Waals surface area (Å²) in [5.41, 5.74) is 0.929. The van der Waals surface area contributed by atoms with Crippen molar-refractivity contribution in [2.45, 2.75) is 12.5 Å². The van der Waals surface area contributed by atoms with Crippen LogP contribution in [0.1, 0.15) is 18.1 Å². The van der Waals surface area contributed by atoms with E-state index in [1.807, 2.05) is 30.5 Å². The fraction of sp³-hybridized carbons (Fsp3) is 0.455. The van der Waals surface area contributed by atoms with Crippen LogP contribution in [-0.2, 0) is 0 Å². The van der Waals surface area contributed by atoms with E-state index in [-0.39, 0.29) is 6.10 Å². The molecule has 1 N–H and O–H groups in total. The molecule has 0 saturated heterocycles. The van der Waals surface area contributed by atoms with Crippen molar-refractivity contribution in [1.29, 1.82) is 0 Å². The van der Waals surface area contributed by atoms with Gasteiger partial charge in [-0.3, -0.25) is 0 Å². The molecule has 0 bridgehead atoms. The van der Waals surface area contributed by atoms with Gasteiger partial charge in [0.15, 0.2) is 0 Å². The van der Waals surface area contributed by atoms with Gasteiger partial charge in [-0.05, 0) is 36.1 Å². The fourth-order valence-electron chi connectivity index (χ4n) is 1.24. The minimum Gasteiger partial charge on any atom is -0.497 e. The molecule has 1 aromatic carbocycles. The predicted octanol–water partition coefficient (Wildman–Crippen LogP) is 2.48. The molecule has 14 heavy (non-hydrogen) atoms. The number of aliphatic hydroxyl groups is 1. The number of hydrogen-bond acceptors (Lipinski definition) is 3. The second kappa shape index (κ2) is 5.94. The molecule has 1 atom stereocenters. The summed E-state index contributed by atoms with van der Waals surface area (Å²) in [7, 11) is 1.63. The zero-order chi connectivity index (χ0) is 10.4. The van der Waals surface area contributed by atoms with Crippen molar-refractivity contribution in [1.82, 2.24) is 0 Å². The minimum absolute atomic E-state index is 0.377. The summed E-state index contributed by atoms with van der Waals surface area (Å²) in [5.74, 6) is 1.77. The maximum absolute atomic E-state index is 9.80. The summed E-state index contributed by atoms with van der Waals surface area (Å²) < 4.78 is 5.09. The summed E-state index contributed by atoms with van der Waals surface area (Å²) >= 11 is 1.74. The molecular formula is C11H16O2S. The van der Waals surface area contributed by atoms with Gasteiger partial charge < -0.3 is 9.84 Å². The number of hydrogen-bond donors (Lipinski definition) is 1. The molecule has 1 unspecified atom stereocenters. The van der Waals surface area contributed by atoms with Crippen molar-refractivity contribution < 1.29 is 9.84 Å².